The number of hydrogen-bond donors (Lipinski definition) is 1. The average molecular weight is 240 g/mol. The van der Waals surface area contributed by atoms with Crippen LogP contribution in [0.2, 0.25) is 0 Å². The van der Waals surface area contributed by atoms with Gasteiger partial charge < -0.3 is 5.11 Å². The minimum Gasteiger partial charge on any atom is -0.389 e. The van der Waals surface area contributed by atoms with Gasteiger partial charge in [-0.15, -0.1) is 6.58 Å². The van der Waals surface area contributed by atoms with Crippen molar-refractivity contribution in [3.63, 3.8) is 0 Å². The number of nitrogens with zero attached hydrogens (tertiary/aromatic N) is 2. The standard InChI is InChI=1S/C15H16N2O/c1-3-5-12-6-7-13(11(2)18)14(10-12)15-16-8-4-9-17-15/h3-4,6-11,18H,1,5H2,2H3. The van der Waals surface area contributed by atoms with Crippen LogP contribution in [0.5, 0.6) is 0 Å². The number of rotatable bonds is 4. The fourth-order valence-electron chi connectivity index (χ4n) is 1.89. The van der Waals surface area contributed by atoms with Gasteiger partial charge in [0.1, 0.15) is 0 Å². The van der Waals surface area contributed by atoms with Gasteiger partial charge in [-0.05, 0) is 36.6 Å². The molecule has 1 heterocycles. The van der Waals surface area contributed by atoms with Gasteiger partial charge in [0, 0.05) is 18.0 Å². The van der Waals surface area contributed by atoms with Gasteiger partial charge in [-0.25, -0.2) is 9.97 Å². The summed E-state index contributed by atoms with van der Waals surface area (Å²) in [6, 6.07) is 7.71. The van der Waals surface area contributed by atoms with Crippen LogP contribution in [-0.2, 0) is 6.42 Å². The molecule has 0 saturated heterocycles. The van der Waals surface area contributed by atoms with Crippen LogP contribution in [0.15, 0.2) is 49.3 Å². The lowest BCUT2D eigenvalue weighted by Crippen LogP contribution is -1.99. The van der Waals surface area contributed by atoms with E-state index >= 15 is 0 Å². The van der Waals surface area contributed by atoms with Crippen molar-refractivity contribution >= 4 is 0 Å². The summed E-state index contributed by atoms with van der Waals surface area (Å²) < 4.78 is 0. The minimum absolute atomic E-state index is 0.540. The van der Waals surface area contributed by atoms with Crippen LogP contribution in [0.4, 0.5) is 0 Å². The highest BCUT2D eigenvalue weighted by Gasteiger charge is 2.12. The van der Waals surface area contributed by atoms with Crippen molar-refractivity contribution in [3.8, 4) is 11.4 Å². The smallest absolute Gasteiger partial charge is 0.159 e. The van der Waals surface area contributed by atoms with Crippen LogP contribution in [0.1, 0.15) is 24.2 Å². The number of aromatic nitrogens is 2. The molecule has 0 aliphatic rings. The summed E-state index contributed by atoms with van der Waals surface area (Å²) in [6.07, 6.45) is 5.51. The van der Waals surface area contributed by atoms with Crippen molar-refractivity contribution in [2.75, 3.05) is 0 Å². The van der Waals surface area contributed by atoms with Crippen LogP contribution in [0.3, 0.4) is 0 Å². The topological polar surface area (TPSA) is 46.0 Å². The summed E-state index contributed by atoms with van der Waals surface area (Å²) in [5.41, 5.74) is 2.86. The Morgan fingerprint density at radius 1 is 1.33 bits per heavy atom. The Balaban J connectivity index is 2.54. The fourth-order valence-corrected chi connectivity index (χ4v) is 1.89. The first-order valence-corrected chi connectivity index (χ1v) is 5.91. The van der Waals surface area contributed by atoms with E-state index in [1.54, 1.807) is 25.4 Å². The molecule has 0 radical (unpaired) electrons. The van der Waals surface area contributed by atoms with E-state index in [1.807, 2.05) is 24.3 Å². The van der Waals surface area contributed by atoms with E-state index in [9.17, 15) is 5.11 Å². The summed E-state index contributed by atoms with van der Waals surface area (Å²) in [7, 11) is 0. The third-order valence-electron chi connectivity index (χ3n) is 2.75. The summed E-state index contributed by atoms with van der Waals surface area (Å²) >= 11 is 0. The van der Waals surface area contributed by atoms with Gasteiger partial charge in [0.2, 0.25) is 0 Å². The Kier molecular flexibility index (Phi) is 3.85. The van der Waals surface area contributed by atoms with Crippen molar-refractivity contribution in [3.05, 3.63) is 60.4 Å². The molecule has 3 nitrogen and oxygen atoms in total. The zero-order chi connectivity index (χ0) is 13.0. The Bertz CT molecular complexity index is 535. The molecule has 92 valence electrons. The highest BCUT2D eigenvalue weighted by Crippen LogP contribution is 2.26. The van der Waals surface area contributed by atoms with Crippen LogP contribution >= 0.6 is 0 Å². The van der Waals surface area contributed by atoms with Crippen LogP contribution in [-0.4, -0.2) is 15.1 Å². The number of aliphatic hydroxyl groups excluding tert-OH is 1. The molecule has 3 heteroatoms. The van der Waals surface area contributed by atoms with Gasteiger partial charge in [0.15, 0.2) is 5.82 Å². The predicted molar refractivity (Wildman–Crippen MR) is 72.0 cm³/mol. The Morgan fingerprint density at radius 3 is 2.67 bits per heavy atom. The molecule has 0 fully saturated rings. The molecule has 1 aromatic heterocycles. The molecule has 0 spiro atoms. The maximum absolute atomic E-state index is 9.81. The van der Waals surface area contributed by atoms with E-state index in [2.05, 4.69) is 16.5 Å². The van der Waals surface area contributed by atoms with Gasteiger partial charge in [0.25, 0.3) is 0 Å². The maximum atomic E-state index is 9.81. The Labute approximate surface area is 107 Å². The second kappa shape index (κ2) is 5.56. The van der Waals surface area contributed by atoms with Crippen molar-refractivity contribution in [2.45, 2.75) is 19.4 Å². The maximum Gasteiger partial charge on any atom is 0.159 e. The first kappa shape index (κ1) is 12.5. The predicted octanol–water partition coefficient (Wildman–Crippen LogP) is 2.93. The molecule has 1 unspecified atom stereocenters. The quantitative estimate of drug-likeness (QED) is 0.836. The van der Waals surface area contributed by atoms with Crippen LogP contribution < -0.4 is 0 Å². The normalized spacial score (nSPS) is 12.1. The molecule has 0 saturated carbocycles. The molecule has 1 aromatic carbocycles. The van der Waals surface area contributed by atoms with Crippen LogP contribution in [0.25, 0.3) is 11.4 Å². The van der Waals surface area contributed by atoms with E-state index in [0.29, 0.717) is 5.82 Å². The van der Waals surface area contributed by atoms with E-state index in [1.165, 1.54) is 0 Å². The molecule has 0 amide bonds. The number of benzene rings is 1. The molecule has 2 aromatic rings. The third-order valence-corrected chi connectivity index (χ3v) is 2.75. The summed E-state index contributed by atoms with van der Waals surface area (Å²) in [6.45, 7) is 5.48. The van der Waals surface area contributed by atoms with E-state index in [4.69, 9.17) is 0 Å². The van der Waals surface area contributed by atoms with Crippen molar-refractivity contribution < 1.29 is 5.11 Å². The lowest BCUT2D eigenvalue weighted by Gasteiger charge is -2.12. The molecule has 0 aliphatic carbocycles. The van der Waals surface area contributed by atoms with Gasteiger partial charge in [0.05, 0.1) is 6.10 Å². The average Bonchev–Trinajstić information content (AvgIpc) is 2.40. The van der Waals surface area contributed by atoms with Crippen molar-refractivity contribution in [1.82, 2.24) is 9.97 Å². The van der Waals surface area contributed by atoms with Crippen molar-refractivity contribution in [2.24, 2.45) is 0 Å². The van der Waals surface area contributed by atoms with Crippen LogP contribution in [0, 0.1) is 0 Å². The van der Waals surface area contributed by atoms with Gasteiger partial charge in [-0.3, -0.25) is 0 Å². The highest BCUT2D eigenvalue weighted by molar-refractivity contribution is 5.62. The van der Waals surface area contributed by atoms with E-state index in [-0.39, 0.29) is 0 Å². The van der Waals surface area contributed by atoms with E-state index < -0.39 is 6.10 Å². The first-order valence-electron chi connectivity index (χ1n) is 5.91. The molecule has 0 aliphatic heterocycles. The monoisotopic (exact) mass is 240 g/mol. The van der Waals surface area contributed by atoms with Gasteiger partial charge >= 0.3 is 0 Å². The summed E-state index contributed by atoms with van der Waals surface area (Å²) in [4.78, 5) is 8.49. The molecule has 1 N–H and O–H groups in total. The summed E-state index contributed by atoms with van der Waals surface area (Å²) in [5.74, 6) is 0.638. The molecule has 0 bridgehead atoms. The third kappa shape index (κ3) is 2.63. The molecule has 18 heavy (non-hydrogen) atoms. The number of hydrogen-bond acceptors (Lipinski definition) is 3. The summed E-state index contributed by atoms with van der Waals surface area (Å²) in [5, 5.41) is 9.81. The van der Waals surface area contributed by atoms with Crippen molar-refractivity contribution in [1.29, 1.82) is 0 Å². The molecule has 1 atom stereocenters. The molecular weight excluding hydrogens is 224 g/mol. The number of aliphatic hydroxyl groups is 1. The second-order valence-corrected chi connectivity index (χ2v) is 4.16. The lowest BCUT2D eigenvalue weighted by molar-refractivity contribution is 0.200. The zero-order valence-corrected chi connectivity index (χ0v) is 10.4. The van der Waals surface area contributed by atoms with E-state index in [0.717, 1.165) is 23.1 Å². The second-order valence-electron chi connectivity index (χ2n) is 4.16. The SMILES string of the molecule is C=CCc1ccc(C(C)O)c(-c2ncccn2)c1. The van der Waals surface area contributed by atoms with Gasteiger partial charge in [-0.1, -0.05) is 18.2 Å². The first-order chi connectivity index (χ1) is 8.72. The Morgan fingerprint density at radius 2 is 2.06 bits per heavy atom. The largest absolute Gasteiger partial charge is 0.389 e. The number of allylic oxidation sites excluding steroid dienone is 1. The zero-order valence-electron chi connectivity index (χ0n) is 10.4. The van der Waals surface area contributed by atoms with Gasteiger partial charge in [-0.2, -0.15) is 0 Å². The lowest BCUT2D eigenvalue weighted by atomic mass is 9.98. The molecule has 2 rings (SSSR count). The Hall–Kier alpha value is -2.00. The fraction of sp³-hybridized carbons (Fsp3) is 0.200. The highest BCUT2D eigenvalue weighted by atomic mass is 16.3. The minimum atomic E-state index is -0.540. The molecular formula is C15H16N2O.